The standard InChI is InChI=1S/C26H31N5O3/c1-5-29(3)24-15-19(8-9-27-24)25(32)28-21-7-6-18(2)22(16-21)20-14-23(26(33)30(4)17-20)31-10-12-34-13-11-31/h6-9,14-17H,5,10-13H2,1-4H3,(H,28,32). The fourth-order valence-electron chi connectivity index (χ4n) is 4.02. The molecule has 1 aliphatic heterocycles. The van der Waals surface area contributed by atoms with Crippen molar-refractivity contribution in [1.82, 2.24) is 9.55 Å². The number of ether oxygens (including phenoxy) is 1. The maximum absolute atomic E-state index is 12.9. The van der Waals surface area contributed by atoms with Crippen molar-refractivity contribution in [3.8, 4) is 11.1 Å². The van der Waals surface area contributed by atoms with Crippen LogP contribution in [-0.2, 0) is 11.8 Å². The Labute approximate surface area is 199 Å². The van der Waals surface area contributed by atoms with Gasteiger partial charge in [-0.1, -0.05) is 6.07 Å². The molecule has 1 fully saturated rings. The number of rotatable bonds is 6. The number of benzene rings is 1. The quantitative estimate of drug-likeness (QED) is 0.607. The Morgan fingerprint density at radius 3 is 2.68 bits per heavy atom. The van der Waals surface area contributed by atoms with E-state index in [2.05, 4.69) is 15.2 Å². The number of amides is 1. The Morgan fingerprint density at radius 2 is 1.94 bits per heavy atom. The lowest BCUT2D eigenvalue weighted by Crippen LogP contribution is -2.40. The SMILES string of the molecule is CCN(C)c1cc(C(=O)Nc2ccc(C)c(-c3cc(N4CCOCC4)c(=O)n(C)c3)c2)ccn1. The van der Waals surface area contributed by atoms with Gasteiger partial charge in [-0.25, -0.2) is 4.98 Å². The Morgan fingerprint density at radius 1 is 1.18 bits per heavy atom. The summed E-state index contributed by atoms with van der Waals surface area (Å²) >= 11 is 0. The molecule has 3 heterocycles. The lowest BCUT2D eigenvalue weighted by Gasteiger charge is -2.29. The third-order valence-corrected chi connectivity index (χ3v) is 6.20. The minimum absolute atomic E-state index is 0.0294. The third-order valence-electron chi connectivity index (χ3n) is 6.20. The van der Waals surface area contributed by atoms with E-state index in [1.165, 1.54) is 0 Å². The van der Waals surface area contributed by atoms with Gasteiger partial charge in [0.1, 0.15) is 11.5 Å². The summed E-state index contributed by atoms with van der Waals surface area (Å²) in [6.07, 6.45) is 3.49. The smallest absolute Gasteiger partial charge is 0.273 e. The van der Waals surface area contributed by atoms with E-state index >= 15 is 0 Å². The summed E-state index contributed by atoms with van der Waals surface area (Å²) < 4.78 is 7.06. The van der Waals surface area contributed by atoms with Gasteiger partial charge in [0.25, 0.3) is 11.5 Å². The van der Waals surface area contributed by atoms with Gasteiger partial charge in [-0.05, 0) is 55.3 Å². The molecule has 0 unspecified atom stereocenters. The predicted octanol–water partition coefficient (Wildman–Crippen LogP) is 3.30. The van der Waals surface area contributed by atoms with E-state index in [1.54, 1.807) is 29.9 Å². The maximum Gasteiger partial charge on any atom is 0.273 e. The Bertz CT molecular complexity index is 1250. The number of carbonyl (C=O) groups excluding carboxylic acids is 1. The van der Waals surface area contributed by atoms with Gasteiger partial charge < -0.3 is 24.4 Å². The summed E-state index contributed by atoms with van der Waals surface area (Å²) in [6, 6.07) is 11.3. The largest absolute Gasteiger partial charge is 0.378 e. The molecule has 1 aromatic carbocycles. The van der Waals surface area contributed by atoms with Crippen LogP contribution in [0.1, 0.15) is 22.8 Å². The van der Waals surface area contributed by atoms with Gasteiger partial charge in [0.2, 0.25) is 0 Å². The van der Waals surface area contributed by atoms with Crippen LogP contribution in [0.4, 0.5) is 17.2 Å². The Hall–Kier alpha value is -3.65. The van der Waals surface area contributed by atoms with Gasteiger partial charge in [-0.2, -0.15) is 0 Å². The van der Waals surface area contributed by atoms with Crippen molar-refractivity contribution in [1.29, 1.82) is 0 Å². The molecule has 0 spiro atoms. The zero-order valence-electron chi connectivity index (χ0n) is 20.2. The van der Waals surface area contributed by atoms with E-state index in [-0.39, 0.29) is 11.5 Å². The van der Waals surface area contributed by atoms with Crippen LogP contribution < -0.4 is 20.7 Å². The first kappa shape index (κ1) is 23.5. The molecule has 178 valence electrons. The van der Waals surface area contributed by atoms with E-state index in [9.17, 15) is 9.59 Å². The van der Waals surface area contributed by atoms with Crippen LogP contribution in [0, 0.1) is 6.92 Å². The van der Waals surface area contributed by atoms with Crippen LogP contribution in [0.2, 0.25) is 0 Å². The first-order chi connectivity index (χ1) is 16.4. The molecule has 1 N–H and O–H groups in total. The van der Waals surface area contributed by atoms with Crippen molar-refractivity contribution in [2.45, 2.75) is 13.8 Å². The van der Waals surface area contributed by atoms with Crippen molar-refractivity contribution in [3.63, 3.8) is 0 Å². The third kappa shape index (κ3) is 4.97. The average molecular weight is 462 g/mol. The van der Waals surface area contributed by atoms with E-state index in [4.69, 9.17) is 4.74 Å². The number of nitrogens with zero attached hydrogens (tertiary/aromatic N) is 4. The minimum Gasteiger partial charge on any atom is -0.378 e. The van der Waals surface area contributed by atoms with Crippen LogP contribution in [-0.4, -0.2) is 55.4 Å². The monoisotopic (exact) mass is 461 g/mol. The molecule has 8 nitrogen and oxygen atoms in total. The second kappa shape index (κ2) is 10.1. The first-order valence-electron chi connectivity index (χ1n) is 11.5. The fraction of sp³-hybridized carbons (Fsp3) is 0.346. The summed E-state index contributed by atoms with van der Waals surface area (Å²) in [5.41, 5.74) is 4.82. The van der Waals surface area contributed by atoms with Gasteiger partial charge >= 0.3 is 0 Å². The summed E-state index contributed by atoms with van der Waals surface area (Å²) in [4.78, 5) is 34.2. The zero-order chi connectivity index (χ0) is 24.2. The number of pyridine rings is 2. The van der Waals surface area contributed by atoms with Gasteiger partial charge in [0.15, 0.2) is 0 Å². The van der Waals surface area contributed by atoms with Gasteiger partial charge in [-0.15, -0.1) is 0 Å². The second-order valence-electron chi connectivity index (χ2n) is 8.53. The number of hydrogen-bond donors (Lipinski definition) is 1. The average Bonchev–Trinajstić information content (AvgIpc) is 2.86. The molecule has 3 aromatic rings. The van der Waals surface area contributed by atoms with Gasteiger partial charge in [-0.3, -0.25) is 9.59 Å². The summed E-state index contributed by atoms with van der Waals surface area (Å²) in [7, 11) is 3.71. The lowest BCUT2D eigenvalue weighted by atomic mass is 10.0. The highest BCUT2D eigenvalue weighted by atomic mass is 16.5. The molecule has 0 atom stereocenters. The number of aromatic nitrogens is 2. The normalized spacial score (nSPS) is 13.6. The molecule has 34 heavy (non-hydrogen) atoms. The maximum atomic E-state index is 12.9. The highest BCUT2D eigenvalue weighted by Gasteiger charge is 2.18. The van der Waals surface area contributed by atoms with E-state index in [0.717, 1.165) is 29.1 Å². The minimum atomic E-state index is -0.197. The van der Waals surface area contributed by atoms with Crippen molar-refractivity contribution in [2.24, 2.45) is 7.05 Å². The molecule has 0 bridgehead atoms. The zero-order valence-corrected chi connectivity index (χ0v) is 20.2. The Balaban J connectivity index is 1.64. The molecule has 1 amide bonds. The Kier molecular flexibility index (Phi) is 6.98. The van der Waals surface area contributed by atoms with Gasteiger partial charge in [0, 0.05) is 62.9 Å². The highest BCUT2D eigenvalue weighted by Crippen LogP contribution is 2.29. The molecular weight excluding hydrogens is 430 g/mol. The molecule has 0 aliphatic carbocycles. The topological polar surface area (TPSA) is 79.7 Å². The molecule has 4 rings (SSSR count). The van der Waals surface area contributed by atoms with Crippen LogP contribution >= 0.6 is 0 Å². The number of carbonyl (C=O) groups is 1. The van der Waals surface area contributed by atoms with E-state index in [1.807, 2.05) is 56.3 Å². The predicted molar refractivity (Wildman–Crippen MR) is 136 cm³/mol. The molecule has 8 heteroatoms. The number of nitrogens with one attached hydrogen (secondary N) is 1. The number of anilines is 3. The van der Waals surface area contributed by atoms with Crippen LogP contribution in [0.25, 0.3) is 11.1 Å². The lowest BCUT2D eigenvalue weighted by molar-refractivity contribution is 0.102. The number of hydrogen-bond acceptors (Lipinski definition) is 6. The summed E-state index contributed by atoms with van der Waals surface area (Å²) in [6.45, 7) is 7.45. The van der Waals surface area contributed by atoms with Crippen molar-refractivity contribution < 1.29 is 9.53 Å². The van der Waals surface area contributed by atoms with Crippen molar-refractivity contribution >= 4 is 23.1 Å². The highest BCUT2D eigenvalue weighted by molar-refractivity contribution is 6.05. The van der Waals surface area contributed by atoms with Crippen LogP contribution in [0.15, 0.2) is 53.6 Å². The first-order valence-corrected chi connectivity index (χ1v) is 11.5. The van der Waals surface area contributed by atoms with Crippen molar-refractivity contribution in [2.75, 3.05) is 55.0 Å². The molecular formula is C26H31N5O3. The number of aryl methyl sites for hydroxylation is 2. The van der Waals surface area contributed by atoms with Crippen LogP contribution in [0.5, 0.6) is 0 Å². The van der Waals surface area contributed by atoms with Gasteiger partial charge in [0.05, 0.1) is 13.2 Å². The van der Waals surface area contributed by atoms with Crippen LogP contribution in [0.3, 0.4) is 0 Å². The molecule has 0 radical (unpaired) electrons. The fourth-order valence-corrected chi connectivity index (χ4v) is 4.02. The molecule has 2 aromatic heterocycles. The second-order valence-corrected chi connectivity index (χ2v) is 8.53. The number of morpholine rings is 1. The molecule has 1 aliphatic rings. The van der Waals surface area contributed by atoms with E-state index < -0.39 is 0 Å². The summed E-state index contributed by atoms with van der Waals surface area (Å²) in [5.74, 6) is 0.554. The van der Waals surface area contributed by atoms with Crippen molar-refractivity contribution in [3.05, 3.63) is 70.3 Å². The summed E-state index contributed by atoms with van der Waals surface area (Å²) in [5, 5.41) is 3.00. The molecule has 1 saturated heterocycles. The molecule has 0 saturated carbocycles. The van der Waals surface area contributed by atoms with E-state index in [0.29, 0.717) is 43.2 Å².